The molecule has 0 saturated heterocycles. The summed E-state index contributed by atoms with van der Waals surface area (Å²) in [6, 6.07) is 6.78. The molecule has 1 atom stereocenters. The van der Waals surface area contributed by atoms with Crippen LogP contribution in [0.4, 0.5) is 10.2 Å². The summed E-state index contributed by atoms with van der Waals surface area (Å²) in [6.07, 6.45) is 4.34. The summed E-state index contributed by atoms with van der Waals surface area (Å²) in [4.78, 5) is 0. The minimum atomic E-state index is -0.246. The number of nitrogen functional groups attached to an aromatic ring is 1. The van der Waals surface area contributed by atoms with E-state index in [1.165, 1.54) is 6.07 Å². The van der Waals surface area contributed by atoms with E-state index in [-0.39, 0.29) is 5.82 Å². The van der Waals surface area contributed by atoms with E-state index in [9.17, 15) is 4.39 Å². The zero-order valence-electron chi connectivity index (χ0n) is 13.1. The topological polar surface area (TPSA) is 43.8 Å². The second kappa shape index (κ2) is 6.74. The fourth-order valence-electron chi connectivity index (χ4n) is 2.77. The van der Waals surface area contributed by atoms with E-state index in [1.54, 1.807) is 16.8 Å². The Morgan fingerprint density at radius 3 is 2.62 bits per heavy atom. The van der Waals surface area contributed by atoms with Gasteiger partial charge in [-0.15, -0.1) is 0 Å². The fraction of sp³-hybridized carbons (Fsp3) is 0.471. The van der Waals surface area contributed by atoms with Crippen LogP contribution in [0, 0.1) is 5.82 Å². The van der Waals surface area contributed by atoms with Gasteiger partial charge in [0.2, 0.25) is 0 Å². The Hall–Kier alpha value is -1.84. The third-order valence-corrected chi connectivity index (χ3v) is 4.05. The molecule has 0 bridgehead atoms. The van der Waals surface area contributed by atoms with Crippen LogP contribution in [0.2, 0.25) is 0 Å². The summed E-state index contributed by atoms with van der Waals surface area (Å²) in [5, 5.41) is 4.58. The van der Waals surface area contributed by atoms with Crippen molar-refractivity contribution in [3.8, 4) is 11.1 Å². The first-order valence-electron chi connectivity index (χ1n) is 7.67. The van der Waals surface area contributed by atoms with Crippen molar-refractivity contribution >= 4 is 5.82 Å². The Balaban J connectivity index is 2.52. The summed E-state index contributed by atoms with van der Waals surface area (Å²) in [5.41, 5.74) is 8.40. The molecule has 0 aliphatic rings. The monoisotopic (exact) mass is 289 g/mol. The highest BCUT2D eigenvalue weighted by Crippen LogP contribution is 2.38. The fourth-order valence-corrected chi connectivity index (χ4v) is 2.77. The molecule has 2 N–H and O–H groups in total. The van der Waals surface area contributed by atoms with Crippen molar-refractivity contribution in [1.29, 1.82) is 0 Å². The van der Waals surface area contributed by atoms with Crippen molar-refractivity contribution in [2.45, 2.75) is 45.4 Å². The standard InChI is InChI=1S/C17H24FN3/c1-4-6-9-12(5-2)16-15(17(19)21(3)20-16)13-10-7-8-11-14(13)18/h7-8,10-12H,4-6,9,19H2,1-3H3. The number of unbranched alkanes of at least 4 members (excludes halogenated alkanes) is 1. The van der Waals surface area contributed by atoms with Crippen LogP contribution in [0.3, 0.4) is 0 Å². The van der Waals surface area contributed by atoms with Gasteiger partial charge in [-0.05, 0) is 18.9 Å². The van der Waals surface area contributed by atoms with E-state index >= 15 is 0 Å². The van der Waals surface area contributed by atoms with E-state index in [1.807, 2.05) is 13.1 Å². The molecular formula is C17H24FN3. The van der Waals surface area contributed by atoms with E-state index in [4.69, 9.17) is 5.73 Å². The van der Waals surface area contributed by atoms with Gasteiger partial charge in [0.25, 0.3) is 0 Å². The van der Waals surface area contributed by atoms with Crippen LogP contribution in [0.1, 0.15) is 51.1 Å². The number of benzene rings is 1. The zero-order valence-corrected chi connectivity index (χ0v) is 13.1. The molecule has 0 spiro atoms. The number of aromatic nitrogens is 2. The molecule has 1 aromatic heterocycles. The predicted octanol–water partition coefficient (Wildman–Crippen LogP) is 4.49. The first-order valence-corrected chi connectivity index (χ1v) is 7.67. The van der Waals surface area contributed by atoms with Gasteiger partial charge in [0.15, 0.2) is 0 Å². The molecule has 2 aromatic rings. The van der Waals surface area contributed by atoms with Crippen LogP contribution in [-0.2, 0) is 7.05 Å². The third-order valence-electron chi connectivity index (χ3n) is 4.05. The third kappa shape index (κ3) is 3.09. The van der Waals surface area contributed by atoms with Crippen LogP contribution >= 0.6 is 0 Å². The van der Waals surface area contributed by atoms with Crippen LogP contribution in [0.5, 0.6) is 0 Å². The second-order valence-corrected chi connectivity index (χ2v) is 5.50. The molecule has 1 heterocycles. The molecule has 21 heavy (non-hydrogen) atoms. The molecule has 0 amide bonds. The average Bonchev–Trinajstić information content (AvgIpc) is 2.77. The summed E-state index contributed by atoms with van der Waals surface area (Å²) < 4.78 is 15.8. The van der Waals surface area contributed by atoms with E-state index < -0.39 is 0 Å². The van der Waals surface area contributed by atoms with E-state index in [0.717, 1.165) is 36.9 Å². The van der Waals surface area contributed by atoms with Gasteiger partial charge in [-0.2, -0.15) is 5.10 Å². The number of hydrogen-bond acceptors (Lipinski definition) is 2. The van der Waals surface area contributed by atoms with Gasteiger partial charge in [-0.1, -0.05) is 44.9 Å². The lowest BCUT2D eigenvalue weighted by Gasteiger charge is -2.14. The van der Waals surface area contributed by atoms with Crippen LogP contribution in [-0.4, -0.2) is 9.78 Å². The Kier molecular flexibility index (Phi) is 4.99. The number of nitrogens with two attached hydrogens (primary N) is 1. The maximum absolute atomic E-state index is 14.2. The minimum absolute atomic E-state index is 0.246. The van der Waals surface area contributed by atoms with Crippen molar-refractivity contribution in [2.75, 3.05) is 5.73 Å². The van der Waals surface area contributed by atoms with Crippen molar-refractivity contribution in [2.24, 2.45) is 7.05 Å². The maximum Gasteiger partial charge on any atom is 0.131 e. The molecule has 0 aliphatic heterocycles. The Morgan fingerprint density at radius 1 is 1.29 bits per heavy atom. The molecule has 2 rings (SSSR count). The number of nitrogens with zero attached hydrogens (tertiary/aromatic N) is 2. The molecule has 114 valence electrons. The molecule has 1 aromatic carbocycles. The second-order valence-electron chi connectivity index (χ2n) is 5.50. The van der Waals surface area contributed by atoms with Crippen molar-refractivity contribution in [3.63, 3.8) is 0 Å². The molecule has 0 saturated carbocycles. The minimum Gasteiger partial charge on any atom is -0.383 e. The Bertz CT molecular complexity index is 604. The number of rotatable bonds is 6. The van der Waals surface area contributed by atoms with Gasteiger partial charge in [0, 0.05) is 18.5 Å². The van der Waals surface area contributed by atoms with Crippen molar-refractivity contribution in [3.05, 3.63) is 35.8 Å². The van der Waals surface area contributed by atoms with E-state index in [2.05, 4.69) is 18.9 Å². The predicted molar refractivity (Wildman–Crippen MR) is 85.6 cm³/mol. The molecule has 1 unspecified atom stereocenters. The SMILES string of the molecule is CCCCC(CC)c1nn(C)c(N)c1-c1ccccc1F. The normalized spacial score (nSPS) is 12.6. The highest BCUT2D eigenvalue weighted by atomic mass is 19.1. The maximum atomic E-state index is 14.2. The highest BCUT2D eigenvalue weighted by Gasteiger charge is 2.23. The Labute approximate surface area is 126 Å². The summed E-state index contributed by atoms with van der Waals surface area (Å²) in [5.74, 6) is 0.608. The van der Waals surface area contributed by atoms with Gasteiger partial charge in [-0.25, -0.2) is 4.39 Å². The highest BCUT2D eigenvalue weighted by molar-refractivity contribution is 5.77. The molecule has 4 heteroatoms. The number of aryl methyl sites for hydroxylation is 1. The summed E-state index contributed by atoms with van der Waals surface area (Å²) in [7, 11) is 1.82. The Morgan fingerprint density at radius 2 is 2.00 bits per heavy atom. The summed E-state index contributed by atoms with van der Waals surface area (Å²) >= 11 is 0. The molecule has 3 nitrogen and oxygen atoms in total. The van der Waals surface area contributed by atoms with Gasteiger partial charge in [0.1, 0.15) is 11.6 Å². The van der Waals surface area contributed by atoms with Crippen LogP contribution in [0.15, 0.2) is 24.3 Å². The lowest BCUT2D eigenvalue weighted by molar-refractivity contribution is 0.549. The van der Waals surface area contributed by atoms with Gasteiger partial charge >= 0.3 is 0 Å². The van der Waals surface area contributed by atoms with Gasteiger partial charge in [-0.3, -0.25) is 4.68 Å². The van der Waals surface area contributed by atoms with E-state index in [0.29, 0.717) is 17.3 Å². The molecule has 0 fully saturated rings. The smallest absolute Gasteiger partial charge is 0.131 e. The lowest BCUT2D eigenvalue weighted by Crippen LogP contribution is -2.02. The largest absolute Gasteiger partial charge is 0.383 e. The van der Waals surface area contributed by atoms with Crippen molar-refractivity contribution < 1.29 is 4.39 Å². The van der Waals surface area contributed by atoms with Crippen LogP contribution < -0.4 is 5.73 Å². The number of anilines is 1. The molecular weight excluding hydrogens is 265 g/mol. The number of hydrogen-bond donors (Lipinski definition) is 1. The first kappa shape index (κ1) is 15.5. The zero-order chi connectivity index (χ0) is 15.4. The summed E-state index contributed by atoms with van der Waals surface area (Å²) in [6.45, 7) is 4.33. The lowest BCUT2D eigenvalue weighted by atomic mass is 9.90. The van der Waals surface area contributed by atoms with Gasteiger partial charge < -0.3 is 5.73 Å². The number of halogens is 1. The first-order chi connectivity index (χ1) is 10.1. The van der Waals surface area contributed by atoms with Crippen molar-refractivity contribution in [1.82, 2.24) is 9.78 Å². The molecule has 0 radical (unpaired) electrons. The van der Waals surface area contributed by atoms with Crippen LogP contribution in [0.25, 0.3) is 11.1 Å². The quantitative estimate of drug-likeness (QED) is 0.851. The van der Waals surface area contributed by atoms with Gasteiger partial charge in [0.05, 0.1) is 11.3 Å². The molecule has 0 aliphatic carbocycles. The average molecular weight is 289 g/mol.